The van der Waals surface area contributed by atoms with E-state index in [2.05, 4.69) is 0 Å². The molecule has 0 aromatic carbocycles. The van der Waals surface area contributed by atoms with Crippen molar-refractivity contribution in [1.29, 1.82) is 0 Å². The van der Waals surface area contributed by atoms with Gasteiger partial charge in [0.05, 0.1) is 17.9 Å². The van der Waals surface area contributed by atoms with Crippen molar-refractivity contribution in [3.63, 3.8) is 0 Å². The molecular weight excluding hydrogens is 190 g/mol. The Morgan fingerprint density at radius 1 is 1.47 bits per heavy atom. The third-order valence-electron chi connectivity index (χ3n) is 2.30. The van der Waals surface area contributed by atoms with E-state index in [0.29, 0.717) is 12.2 Å². The van der Waals surface area contributed by atoms with Crippen LogP contribution in [0.3, 0.4) is 0 Å². The number of carbonyl (C=O) groups is 1. The van der Waals surface area contributed by atoms with Gasteiger partial charge in [0.15, 0.2) is 0 Å². The van der Waals surface area contributed by atoms with Crippen LogP contribution in [0.4, 0.5) is 0 Å². The fraction of sp³-hybridized carbons (Fsp3) is 0.250. The number of esters is 1. The molecular formula is C12H13NO2. The first-order valence-electron chi connectivity index (χ1n) is 5.02. The summed E-state index contributed by atoms with van der Waals surface area (Å²) in [5, 5.41) is 0. The summed E-state index contributed by atoms with van der Waals surface area (Å²) in [6.07, 6.45) is 11.5. The smallest absolute Gasteiger partial charge is 0.340 e. The molecule has 0 aromatic heterocycles. The van der Waals surface area contributed by atoms with E-state index >= 15 is 0 Å². The third kappa shape index (κ3) is 1.86. The van der Waals surface area contributed by atoms with Crippen molar-refractivity contribution in [2.45, 2.75) is 6.92 Å². The second kappa shape index (κ2) is 4.17. The average molecular weight is 203 g/mol. The Hall–Kier alpha value is -1.77. The van der Waals surface area contributed by atoms with Crippen molar-refractivity contribution in [2.24, 2.45) is 0 Å². The molecule has 2 rings (SSSR count). The lowest BCUT2D eigenvalue weighted by molar-refractivity contribution is -0.138. The summed E-state index contributed by atoms with van der Waals surface area (Å²) >= 11 is 0. The van der Waals surface area contributed by atoms with Gasteiger partial charge in [-0.25, -0.2) is 4.79 Å². The van der Waals surface area contributed by atoms with Gasteiger partial charge in [0.25, 0.3) is 0 Å². The van der Waals surface area contributed by atoms with Crippen LogP contribution in [0.15, 0.2) is 47.9 Å². The highest BCUT2D eigenvalue weighted by Crippen LogP contribution is 2.22. The first kappa shape index (κ1) is 9.77. The molecule has 0 spiro atoms. The zero-order valence-corrected chi connectivity index (χ0v) is 8.64. The quantitative estimate of drug-likeness (QED) is 0.640. The predicted molar refractivity (Wildman–Crippen MR) is 57.8 cm³/mol. The highest BCUT2D eigenvalue weighted by Gasteiger charge is 2.19. The second-order valence-corrected chi connectivity index (χ2v) is 3.27. The minimum atomic E-state index is -0.256. The standard InChI is InChI=1S/C12H13NO2/c1-2-15-12(14)10-6-5-9-13-8-4-3-7-11(10)13/h3-8H,2,9H2,1H3. The van der Waals surface area contributed by atoms with Crippen LogP contribution in [0.1, 0.15) is 6.92 Å². The van der Waals surface area contributed by atoms with E-state index < -0.39 is 0 Å². The maximum atomic E-state index is 11.6. The number of rotatable bonds is 2. The molecule has 2 aliphatic heterocycles. The molecule has 0 fully saturated rings. The molecule has 2 aliphatic rings. The van der Waals surface area contributed by atoms with E-state index in [9.17, 15) is 4.79 Å². The number of carbonyl (C=O) groups excluding carboxylic acids is 1. The van der Waals surface area contributed by atoms with Gasteiger partial charge in [-0.05, 0) is 25.2 Å². The van der Waals surface area contributed by atoms with E-state index in [1.54, 1.807) is 0 Å². The van der Waals surface area contributed by atoms with Gasteiger partial charge in [0.2, 0.25) is 0 Å². The van der Waals surface area contributed by atoms with Crippen molar-refractivity contribution in [3.05, 3.63) is 47.9 Å². The highest BCUT2D eigenvalue weighted by molar-refractivity contribution is 5.93. The van der Waals surface area contributed by atoms with Gasteiger partial charge in [-0.3, -0.25) is 0 Å². The summed E-state index contributed by atoms with van der Waals surface area (Å²) < 4.78 is 5.00. The molecule has 0 saturated carbocycles. The molecule has 3 nitrogen and oxygen atoms in total. The zero-order chi connectivity index (χ0) is 10.7. The van der Waals surface area contributed by atoms with E-state index in [-0.39, 0.29) is 5.97 Å². The Kier molecular flexibility index (Phi) is 2.72. The van der Waals surface area contributed by atoms with Crippen LogP contribution in [0.5, 0.6) is 0 Å². The molecule has 0 saturated heterocycles. The van der Waals surface area contributed by atoms with Gasteiger partial charge in [0, 0.05) is 12.7 Å². The van der Waals surface area contributed by atoms with E-state index in [1.165, 1.54) is 0 Å². The molecule has 15 heavy (non-hydrogen) atoms. The van der Waals surface area contributed by atoms with Gasteiger partial charge in [-0.15, -0.1) is 0 Å². The first-order chi connectivity index (χ1) is 7.33. The monoisotopic (exact) mass is 203 g/mol. The number of nitrogens with zero attached hydrogens (tertiary/aromatic N) is 1. The van der Waals surface area contributed by atoms with Crippen LogP contribution < -0.4 is 0 Å². The molecule has 0 bridgehead atoms. The Morgan fingerprint density at radius 3 is 3.13 bits per heavy atom. The van der Waals surface area contributed by atoms with Crippen LogP contribution in [0.25, 0.3) is 0 Å². The average Bonchev–Trinajstić information content (AvgIpc) is 2.28. The lowest BCUT2D eigenvalue weighted by Crippen LogP contribution is -2.24. The zero-order valence-electron chi connectivity index (χ0n) is 8.64. The fourth-order valence-electron chi connectivity index (χ4n) is 1.63. The van der Waals surface area contributed by atoms with Crippen LogP contribution in [-0.4, -0.2) is 24.0 Å². The van der Waals surface area contributed by atoms with Crippen molar-refractivity contribution >= 4 is 5.97 Å². The summed E-state index contributed by atoms with van der Waals surface area (Å²) in [5.74, 6) is -0.256. The van der Waals surface area contributed by atoms with Crippen LogP contribution in [0, 0.1) is 0 Å². The maximum Gasteiger partial charge on any atom is 0.340 e. The van der Waals surface area contributed by atoms with Crippen LogP contribution >= 0.6 is 0 Å². The van der Waals surface area contributed by atoms with Crippen molar-refractivity contribution in [2.75, 3.05) is 13.2 Å². The first-order valence-corrected chi connectivity index (χ1v) is 5.02. The molecule has 0 atom stereocenters. The second-order valence-electron chi connectivity index (χ2n) is 3.27. The summed E-state index contributed by atoms with van der Waals surface area (Å²) in [5.41, 5.74) is 1.54. The Balaban J connectivity index is 2.32. The van der Waals surface area contributed by atoms with E-state index in [4.69, 9.17) is 4.74 Å². The third-order valence-corrected chi connectivity index (χ3v) is 2.30. The topological polar surface area (TPSA) is 29.5 Å². The fourth-order valence-corrected chi connectivity index (χ4v) is 1.63. The lowest BCUT2D eigenvalue weighted by Gasteiger charge is -2.26. The summed E-state index contributed by atoms with van der Waals surface area (Å²) in [6.45, 7) is 3.02. The number of fused-ring (bicyclic) bond motifs is 1. The summed E-state index contributed by atoms with van der Waals surface area (Å²) in [6, 6.07) is 0. The summed E-state index contributed by atoms with van der Waals surface area (Å²) in [7, 11) is 0. The Morgan fingerprint density at radius 2 is 2.33 bits per heavy atom. The Labute approximate surface area is 89.0 Å². The SMILES string of the molecule is CCOC(=O)C1=C2C=CC=CN2CC=C1. The molecule has 0 radical (unpaired) electrons. The molecule has 2 heterocycles. The maximum absolute atomic E-state index is 11.6. The van der Waals surface area contributed by atoms with Crippen LogP contribution in [0.2, 0.25) is 0 Å². The highest BCUT2D eigenvalue weighted by atomic mass is 16.5. The van der Waals surface area contributed by atoms with Gasteiger partial charge in [-0.2, -0.15) is 0 Å². The lowest BCUT2D eigenvalue weighted by atomic mass is 10.1. The van der Waals surface area contributed by atoms with Crippen molar-refractivity contribution in [3.8, 4) is 0 Å². The van der Waals surface area contributed by atoms with Crippen molar-refractivity contribution < 1.29 is 9.53 Å². The molecule has 0 aliphatic carbocycles. The summed E-state index contributed by atoms with van der Waals surface area (Å²) in [4.78, 5) is 13.7. The minimum Gasteiger partial charge on any atom is -0.462 e. The molecule has 78 valence electrons. The van der Waals surface area contributed by atoms with E-state index in [0.717, 1.165) is 12.2 Å². The van der Waals surface area contributed by atoms with Gasteiger partial charge >= 0.3 is 5.97 Å². The van der Waals surface area contributed by atoms with Gasteiger partial charge < -0.3 is 9.64 Å². The molecule has 0 N–H and O–H groups in total. The van der Waals surface area contributed by atoms with Gasteiger partial charge in [0.1, 0.15) is 0 Å². The number of allylic oxidation sites excluding steroid dienone is 3. The number of hydrogen-bond donors (Lipinski definition) is 0. The minimum absolute atomic E-state index is 0.256. The number of hydrogen-bond acceptors (Lipinski definition) is 3. The van der Waals surface area contributed by atoms with E-state index in [1.807, 2.05) is 48.4 Å². The Bertz CT molecular complexity index is 388. The molecule has 0 unspecified atom stereocenters. The molecule has 0 amide bonds. The van der Waals surface area contributed by atoms with Gasteiger partial charge in [-0.1, -0.05) is 12.2 Å². The van der Waals surface area contributed by atoms with Crippen LogP contribution in [-0.2, 0) is 9.53 Å². The molecule has 3 heteroatoms. The largest absolute Gasteiger partial charge is 0.462 e. The number of ether oxygens (including phenoxy) is 1. The molecule has 0 aromatic rings. The van der Waals surface area contributed by atoms with Crippen molar-refractivity contribution in [1.82, 2.24) is 4.90 Å². The normalized spacial score (nSPS) is 18.1. The predicted octanol–water partition coefficient (Wildman–Crippen LogP) is 1.76.